The molecule has 0 saturated heterocycles. The topological polar surface area (TPSA) is 64.3 Å². The fourth-order valence-corrected chi connectivity index (χ4v) is 1.00. The number of hydrogen-bond donors (Lipinski definition) is 2. The Bertz CT molecular complexity index is 139. The number of amides is 1. The maximum absolute atomic E-state index is 10.9. The van der Waals surface area contributed by atoms with Gasteiger partial charge in [-0.3, -0.25) is 10.2 Å². The average molecular weight is 174 g/mol. The molecule has 0 spiro atoms. The SMILES string of the molecule is CCCC(C)OC(C)C(=O)NN. The highest BCUT2D eigenvalue weighted by molar-refractivity contribution is 5.79. The van der Waals surface area contributed by atoms with Crippen LogP contribution in [0, 0.1) is 0 Å². The zero-order valence-electron chi connectivity index (χ0n) is 7.96. The van der Waals surface area contributed by atoms with Crippen molar-refractivity contribution in [2.75, 3.05) is 0 Å². The van der Waals surface area contributed by atoms with Gasteiger partial charge in [0.2, 0.25) is 0 Å². The van der Waals surface area contributed by atoms with E-state index in [0.717, 1.165) is 12.8 Å². The molecule has 0 rings (SSSR count). The third kappa shape index (κ3) is 4.31. The van der Waals surface area contributed by atoms with Crippen molar-refractivity contribution in [1.82, 2.24) is 5.43 Å². The van der Waals surface area contributed by atoms with Gasteiger partial charge < -0.3 is 4.74 Å². The van der Waals surface area contributed by atoms with E-state index in [1.54, 1.807) is 6.92 Å². The lowest BCUT2D eigenvalue weighted by Crippen LogP contribution is -2.40. The molecule has 0 heterocycles. The van der Waals surface area contributed by atoms with E-state index >= 15 is 0 Å². The fraction of sp³-hybridized carbons (Fsp3) is 0.875. The Morgan fingerprint density at radius 2 is 2.17 bits per heavy atom. The van der Waals surface area contributed by atoms with Crippen molar-refractivity contribution < 1.29 is 9.53 Å². The summed E-state index contributed by atoms with van der Waals surface area (Å²) in [5, 5.41) is 0. The molecule has 0 aromatic heterocycles. The third-order valence-electron chi connectivity index (χ3n) is 1.64. The van der Waals surface area contributed by atoms with Gasteiger partial charge in [0.25, 0.3) is 5.91 Å². The van der Waals surface area contributed by atoms with E-state index in [1.165, 1.54) is 0 Å². The van der Waals surface area contributed by atoms with Crippen LogP contribution in [0.25, 0.3) is 0 Å². The van der Waals surface area contributed by atoms with Crippen LogP contribution in [0.15, 0.2) is 0 Å². The Kier molecular flexibility index (Phi) is 5.66. The number of hydrogen-bond acceptors (Lipinski definition) is 3. The monoisotopic (exact) mass is 174 g/mol. The molecule has 0 fully saturated rings. The van der Waals surface area contributed by atoms with Crippen molar-refractivity contribution >= 4 is 5.91 Å². The van der Waals surface area contributed by atoms with Gasteiger partial charge in [-0.25, -0.2) is 5.84 Å². The molecule has 2 unspecified atom stereocenters. The number of nitrogens with two attached hydrogens (primary N) is 1. The van der Waals surface area contributed by atoms with Crippen LogP contribution in [-0.4, -0.2) is 18.1 Å². The molecule has 4 heteroatoms. The summed E-state index contributed by atoms with van der Waals surface area (Å²) < 4.78 is 5.35. The zero-order chi connectivity index (χ0) is 9.56. The van der Waals surface area contributed by atoms with Crippen molar-refractivity contribution in [2.45, 2.75) is 45.8 Å². The summed E-state index contributed by atoms with van der Waals surface area (Å²) in [5.74, 6) is 4.66. The predicted molar refractivity (Wildman–Crippen MR) is 47.2 cm³/mol. The van der Waals surface area contributed by atoms with Crippen LogP contribution < -0.4 is 11.3 Å². The van der Waals surface area contributed by atoms with E-state index in [-0.39, 0.29) is 12.0 Å². The molecule has 0 bridgehead atoms. The van der Waals surface area contributed by atoms with Crippen molar-refractivity contribution in [3.63, 3.8) is 0 Å². The highest BCUT2D eigenvalue weighted by Crippen LogP contribution is 2.04. The van der Waals surface area contributed by atoms with Crippen LogP contribution >= 0.6 is 0 Å². The summed E-state index contributed by atoms with van der Waals surface area (Å²) >= 11 is 0. The average Bonchev–Trinajstić information content (AvgIpc) is 2.03. The first kappa shape index (κ1) is 11.4. The van der Waals surface area contributed by atoms with Crippen molar-refractivity contribution in [1.29, 1.82) is 0 Å². The van der Waals surface area contributed by atoms with E-state index in [9.17, 15) is 4.79 Å². The molecule has 1 amide bonds. The van der Waals surface area contributed by atoms with Gasteiger partial charge in [-0.1, -0.05) is 13.3 Å². The quantitative estimate of drug-likeness (QED) is 0.364. The largest absolute Gasteiger partial charge is 0.366 e. The lowest BCUT2D eigenvalue weighted by molar-refractivity contribution is -0.135. The van der Waals surface area contributed by atoms with Gasteiger partial charge in [0.1, 0.15) is 6.10 Å². The van der Waals surface area contributed by atoms with Crippen LogP contribution in [0.4, 0.5) is 0 Å². The van der Waals surface area contributed by atoms with Crippen LogP contribution in [-0.2, 0) is 9.53 Å². The Morgan fingerprint density at radius 3 is 2.58 bits per heavy atom. The summed E-state index contributed by atoms with van der Waals surface area (Å²) in [5.41, 5.74) is 2.05. The number of hydrazine groups is 1. The minimum absolute atomic E-state index is 0.113. The van der Waals surface area contributed by atoms with Gasteiger partial charge in [-0.2, -0.15) is 0 Å². The molecule has 0 aliphatic rings. The lowest BCUT2D eigenvalue weighted by atomic mass is 10.2. The first-order valence-electron chi connectivity index (χ1n) is 4.27. The van der Waals surface area contributed by atoms with Crippen LogP contribution in [0.1, 0.15) is 33.6 Å². The van der Waals surface area contributed by atoms with Crippen LogP contribution in [0.2, 0.25) is 0 Å². The molecule has 0 aliphatic carbocycles. The molecule has 0 radical (unpaired) electrons. The summed E-state index contributed by atoms with van der Waals surface area (Å²) in [4.78, 5) is 10.9. The molecule has 0 aliphatic heterocycles. The van der Waals surface area contributed by atoms with Crippen LogP contribution in [0.5, 0.6) is 0 Å². The van der Waals surface area contributed by atoms with Crippen molar-refractivity contribution in [3.05, 3.63) is 0 Å². The second-order valence-corrected chi connectivity index (χ2v) is 2.89. The van der Waals surface area contributed by atoms with Gasteiger partial charge >= 0.3 is 0 Å². The molecular weight excluding hydrogens is 156 g/mol. The molecule has 2 atom stereocenters. The normalized spacial score (nSPS) is 15.3. The fourth-order valence-electron chi connectivity index (χ4n) is 1.00. The standard InChI is InChI=1S/C8H18N2O2/c1-4-5-6(2)12-7(3)8(11)10-9/h6-7H,4-5,9H2,1-3H3,(H,10,11). The van der Waals surface area contributed by atoms with E-state index in [1.807, 2.05) is 12.3 Å². The zero-order valence-corrected chi connectivity index (χ0v) is 7.96. The predicted octanol–water partition coefficient (Wildman–Crippen LogP) is 0.570. The minimum Gasteiger partial charge on any atom is -0.366 e. The number of rotatable bonds is 5. The smallest absolute Gasteiger partial charge is 0.262 e. The van der Waals surface area contributed by atoms with Gasteiger partial charge in [0, 0.05) is 0 Å². The maximum atomic E-state index is 10.9. The van der Waals surface area contributed by atoms with E-state index in [2.05, 4.69) is 6.92 Å². The molecule has 3 N–H and O–H groups in total. The molecule has 0 saturated carbocycles. The van der Waals surface area contributed by atoms with E-state index in [4.69, 9.17) is 10.6 Å². The van der Waals surface area contributed by atoms with Gasteiger partial charge in [-0.05, 0) is 20.3 Å². The Labute approximate surface area is 73.4 Å². The molecule has 0 aromatic carbocycles. The highest BCUT2D eigenvalue weighted by Gasteiger charge is 2.14. The second-order valence-electron chi connectivity index (χ2n) is 2.89. The first-order valence-corrected chi connectivity index (χ1v) is 4.27. The summed E-state index contributed by atoms with van der Waals surface area (Å²) in [6.45, 7) is 5.71. The molecule has 4 nitrogen and oxygen atoms in total. The first-order chi connectivity index (χ1) is 5.61. The number of carbonyl (C=O) groups is 1. The number of carbonyl (C=O) groups excluding carboxylic acids is 1. The summed E-state index contributed by atoms with van der Waals surface area (Å²) in [6, 6.07) is 0. The summed E-state index contributed by atoms with van der Waals surface area (Å²) in [7, 11) is 0. The van der Waals surface area contributed by atoms with Crippen molar-refractivity contribution in [2.24, 2.45) is 5.84 Å². The second kappa shape index (κ2) is 5.97. The van der Waals surface area contributed by atoms with Gasteiger partial charge in [0.05, 0.1) is 6.10 Å². The Hall–Kier alpha value is -0.610. The summed E-state index contributed by atoms with van der Waals surface area (Å²) in [6.07, 6.45) is 1.67. The maximum Gasteiger partial charge on any atom is 0.262 e. The Balaban J connectivity index is 3.67. The minimum atomic E-state index is -0.462. The van der Waals surface area contributed by atoms with Crippen LogP contribution in [0.3, 0.4) is 0 Å². The van der Waals surface area contributed by atoms with E-state index < -0.39 is 6.10 Å². The molecule has 0 aromatic rings. The lowest BCUT2D eigenvalue weighted by Gasteiger charge is -2.16. The van der Waals surface area contributed by atoms with Crippen molar-refractivity contribution in [3.8, 4) is 0 Å². The molecular formula is C8H18N2O2. The van der Waals surface area contributed by atoms with E-state index in [0.29, 0.717) is 0 Å². The Morgan fingerprint density at radius 1 is 1.58 bits per heavy atom. The third-order valence-corrected chi connectivity index (χ3v) is 1.64. The highest BCUT2D eigenvalue weighted by atomic mass is 16.5. The van der Waals surface area contributed by atoms with Gasteiger partial charge in [0.15, 0.2) is 0 Å². The molecule has 12 heavy (non-hydrogen) atoms. The number of nitrogens with one attached hydrogen (secondary N) is 1. The number of ether oxygens (including phenoxy) is 1. The molecule has 72 valence electrons. The van der Waals surface area contributed by atoms with Gasteiger partial charge in [-0.15, -0.1) is 0 Å².